The summed E-state index contributed by atoms with van der Waals surface area (Å²) in [6, 6.07) is 2.34. The maximum Gasteiger partial charge on any atom is 0.227 e. The van der Waals surface area contributed by atoms with Crippen molar-refractivity contribution < 1.29 is 13.6 Å². The molecule has 1 heterocycles. The van der Waals surface area contributed by atoms with Crippen LogP contribution in [0.1, 0.15) is 13.3 Å². The fourth-order valence-corrected chi connectivity index (χ4v) is 2.52. The van der Waals surface area contributed by atoms with Gasteiger partial charge in [-0.1, -0.05) is 0 Å². The topological polar surface area (TPSA) is 58.4 Å². The zero-order valence-corrected chi connectivity index (χ0v) is 11.0. The zero-order chi connectivity index (χ0) is 14.2. The van der Waals surface area contributed by atoms with Crippen LogP contribution < -0.4 is 16.0 Å². The summed E-state index contributed by atoms with van der Waals surface area (Å²) >= 11 is 0. The van der Waals surface area contributed by atoms with E-state index in [1.165, 1.54) is 6.07 Å². The summed E-state index contributed by atoms with van der Waals surface area (Å²) in [6.45, 7) is 2.59. The van der Waals surface area contributed by atoms with Crippen molar-refractivity contribution in [2.24, 2.45) is 5.41 Å². The second kappa shape index (κ2) is 4.68. The number of nitrogen functional groups attached to an aromatic ring is 1. The van der Waals surface area contributed by atoms with E-state index in [-0.39, 0.29) is 17.3 Å². The molecule has 0 saturated carbocycles. The SMILES string of the molecule is CNC(=O)C1(C)CCN(c2c(N)ccc(F)c2F)C1. The van der Waals surface area contributed by atoms with Gasteiger partial charge in [-0.2, -0.15) is 0 Å². The number of halogens is 2. The number of carbonyl (C=O) groups excluding carboxylic acids is 1. The number of nitrogens with one attached hydrogen (secondary N) is 1. The van der Waals surface area contributed by atoms with E-state index in [1.54, 1.807) is 18.9 Å². The summed E-state index contributed by atoms with van der Waals surface area (Å²) in [7, 11) is 1.56. The lowest BCUT2D eigenvalue weighted by molar-refractivity contribution is -0.128. The van der Waals surface area contributed by atoms with Crippen LogP contribution in [0.3, 0.4) is 0 Å². The molecule has 104 valence electrons. The maximum atomic E-state index is 13.9. The Morgan fingerprint density at radius 2 is 2.16 bits per heavy atom. The van der Waals surface area contributed by atoms with Crippen LogP contribution in [0.2, 0.25) is 0 Å². The van der Waals surface area contributed by atoms with Gasteiger partial charge in [-0.15, -0.1) is 0 Å². The Balaban J connectivity index is 2.32. The molecule has 19 heavy (non-hydrogen) atoms. The van der Waals surface area contributed by atoms with E-state index in [4.69, 9.17) is 5.73 Å². The van der Waals surface area contributed by atoms with Gasteiger partial charge < -0.3 is 16.0 Å². The Hall–Kier alpha value is -1.85. The van der Waals surface area contributed by atoms with Crippen molar-refractivity contribution in [3.63, 3.8) is 0 Å². The molecule has 1 unspecified atom stereocenters. The van der Waals surface area contributed by atoms with E-state index in [9.17, 15) is 13.6 Å². The first-order valence-electron chi connectivity index (χ1n) is 6.09. The van der Waals surface area contributed by atoms with Crippen molar-refractivity contribution in [3.05, 3.63) is 23.8 Å². The number of hydrogen-bond acceptors (Lipinski definition) is 3. The Bertz CT molecular complexity index is 521. The van der Waals surface area contributed by atoms with E-state index in [0.717, 1.165) is 6.07 Å². The first-order valence-corrected chi connectivity index (χ1v) is 6.09. The Morgan fingerprint density at radius 3 is 2.79 bits per heavy atom. The summed E-state index contributed by atoms with van der Waals surface area (Å²) < 4.78 is 27.1. The molecular formula is C13H17F2N3O. The normalized spacial score (nSPS) is 22.6. The minimum Gasteiger partial charge on any atom is -0.397 e. The van der Waals surface area contributed by atoms with Crippen LogP contribution >= 0.6 is 0 Å². The molecule has 2 rings (SSSR count). The van der Waals surface area contributed by atoms with Crippen LogP contribution in [0.4, 0.5) is 20.2 Å². The van der Waals surface area contributed by atoms with Gasteiger partial charge in [0.15, 0.2) is 11.6 Å². The number of hydrogen-bond donors (Lipinski definition) is 2. The van der Waals surface area contributed by atoms with Crippen LogP contribution in [-0.4, -0.2) is 26.0 Å². The number of anilines is 2. The summed E-state index contributed by atoms with van der Waals surface area (Å²) in [4.78, 5) is 13.4. The average molecular weight is 269 g/mol. The van der Waals surface area contributed by atoms with Crippen LogP contribution in [0.5, 0.6) is 0 Å². The van der Waals surface area contributed by atoms with E-state index in [2.05, 4.69) is 5.32 Å². The highest BCUT2D eigenvalue weighted by molar-refractivity contribution is 5.84. The van der Waals surface area contributed by atoms with Crippen molar-refractivity contribution in [2.45, 2.75) is 13.3 Å². The van der Waals surface area contributed by atoms with Gasteiger partial charge in [0, 0.05) is 20.1 Å². The molecule has 1 aromatic carbocycles. The van der Waals surface area contributed by atoms with Crippen LogP contribution in [0.15, 0.2) is 12.1 Å². The van der Waals surface area contributed by atoms with Crippen molar-refractivity contribution in [1.29, 1.82) is 0 Å². The van der Waals surface area contributed by atoms with Crippen molar-refractivity contribution in [3.8, 4) is 0 Å². The number of rotatable bonds is 2. The quantitative estimate of drug-likeness (QED) is 0.800. The molecule has 1 fully saturated rings. The summed E-state index contributed by atoms with van der Waals surface area (Å²) in [5.41, 5.74) is 5.34. The van der Waals surface area contributed by atoms with Crippen molar-refractivity contribution in [2.75, 3.05) is 30.8 Å². The highest BCUT2D eigenvalue weighted by Gasteiger charge is 2.41. The van der Waals surface area contributed by atoms with E-state index in [0.29, 0.717) is 19.5 Å². The molecule has 0 radical (unpaired) electrons. The zero-order valence-electron chi connectivity index (χ0n) is 11.0. The first-order chi connectivity index (χ1) is 8.89. The first kappa shape index (κ1) is 13.6. The van der Waals surface area contributed by atoms with Gasteiger partial charge in [-0.25, -0.2) is 8.78 Å². The Kier molecular flexibility index (Phi) is 3.34. The molecule has 0 spiro atoms. The minimum atomic E-state index is -0.957. The molecule has 1 aromatic rings. The predicted molar refractivity (Wildman–Crippen MR) is 69.8 cm³/mol. The molecule has 0 aromatic heterocycles. The molecule has 6 heteroatoms. The lowest BCUT2D eigenvalue weighted by Gasteiger charge is -2.25. The van der Waals surface area contributed by atoms with E-state index >= 15 is 0 Å². The maximum absolute atomic E-state index is 13.9. The van der Waals surface area contributed by atoms with Gasteiger partial charge in [0.05, 0.1) is 16.8 Å². The number of nitrogens with zero attached hydrogens (tertiary/aromatic N) is 1. The third-order valence-electron chi connectivity index (χ3n) is 3.67. The number of carbonyl (C=O) groups is 1. The van der Waals surface area contributed by atoms with Gasteiger partial charge in [0.25, 0.3) is 0 Å². The van der Waals surface area contributed by atoms with Gasteiger partial charge in [-0.3, -0.25) is 4.79 Å². The van der Waals surface area contributed by atoms with Gasteiger partial charge >= 0.3 is 0 Å². The molecule has 0 bridgehead atoms. The molecular weight excluding hydrogens is 252 g/mol. The van der Waals surface area contributed by atoms with Gasteiger partial charge in [0.2, 0.25) is 5.91 Å². The van der Waals surface area contributed by atoms with Crippen LogP contribution in [0.25, 0.3) is 0 Å². The molecule has 0 aliphatic carbocycles. The molecule has 1 saturated heterocycles. The fraction of sp³-hybridized carbons (Fsp3) is 0.462. The number of benzene rings is 1. The smallest absolute Gasteiger partial charge is 0.227 e. The second-order valence-electron chi connectivity index (χ2n) is 5.11. The Morgan fingerprint density at radius 1 is 1.47 bits per heavy atom. The summed E-state index contributed by atoms with van der Waals surface area (Å²) in [6.07, 6.45) is 0.571. The van der Waals surface area contributed by atoms with Gasteiger partial charge in [0.1, 0.15) is 0 Å². The van der Waals surface area contributed by atoms with Crippen LogP contribution in [0, 0.1) is 17.0 Å². The van der Waals surface area contributed by atoms with Crippen molar-refractivity contribution in [1.82, 2.24) is 5.32 Å². The molecule has 1 amide bonds. The van der Waals surface area contributed by atoms with Gasteiger partial charge in [-0.05, 0) is 25.5 Å². The molecule has 1 aliphatic heterocycles. The van der Waals surface area contributed by atoms with Crippen LogP contribution in [-0.2, 0) is 4.79 Å². The number of nitrogens with two attached hydrogens (primary N) is 1. The lowest BCUT2D eigenvalue weighted by Crippen LogP contribution is -2.39. The lowest BCUT2D eigenvalue weighted by atomic mass is 9.89. The average Bonchev–Trinajstić information content (AvgIpc) is 2.77. The highest BCUT2D eigenvalue weighted by Crippen LogP contribution is 2.37. The third-order valence-corrected chi connectivity index (χ3v) is 3.67. The summed E-state index contributed by atoms with van der Waals surface area (Å²) in [5.74, 6) is -2.00. The molecule has 1 atom stereocenters. The standard InChI is InChI=1S/C13H17F2N3O/c1-13(12(19)17-2)5-6-18(7-13)11-9(16)4-3-8(14)10(11)15/h3-4H,5-7,16H2,1-2H3,(H,17,19). The van der Waals surface area contributed by atoms with Crippen molar-refractivity contribution >= 4 is 17.3 Å². The monoisotopic (exact) mass is 269 g/mol. The van der Waals surface area contributed by atoms with E-state index < -0.39 is 17.0 Å². The molecule has 1 aliphatic rings. The Labute approximate surface area is 110 Å². The van der Waals surface area contributed by atoms with E-state index in [1.807, 2.05) is 0 Å². The largest absolute Gasteiger partial charge is 0.397 e. The fourth-order valence-electron chi connectivity index (χ4n) is 2.52. The molecule has 3 N–H and O–H groups in total. The summed E-state index contributed by atoms with van der Waals surface area (Å²) in [5, 5.41) is 2.60. The highest BCUT2D eigenvalue weighted by atomic mass is 19.2. The predicted octanol–water partition coefficient (Wildman–Crippen LogP) is 1.51. The third kappa shape index (κ3) is 2.22. The second-order valence-corrected chi connectivity index (χ2v) is 5.11. The molecule has 4 nitrogen and oxygen atoms in total. The number of amides is 1. The minimum absolute atomic E-state index is 0.0487.